The molecule has 3 nitrogen and oxygen atoms in total. The van der Waals surface area contributed by atoms with Crippen molar-refractivity contribution in [2.24, 2.45) is 0 Å². The third-order valence-corrected chi connectivity index (χ3v) is 2.23. The van der Waals surface area contributed by atoms with Crippen molar-refractivity contribution in [2.45, 2.75) is 20.3 Å². The van der Waals surface area contributed by atoms with E-state index >= 15 is 0 Å². The van der Waals surface area contributed by atoms with Crippen LogP contribution in [-0.2, 0) is 9.53 Å². The van der Waals surface area contributed by atoms with Gasteiger partial charge in [0.2, 0.25) is 0 Å². The van der Waals surface area contributed by atoms with Crippen LogP contribution in [0.3, 0.4) is 0 Å². The summed E-state index contributed by atoms with van der Waals surface area (Å²) in [7, 11) is 1.36. The highest BCUT2D eigenvalue weighted by molar-refractivity contribution is 5.87. The van der Waals surface area contributed by atoms with E-state index in [1.165, 1.54) is 13.2 Å². The SMILES string of the molecule is CCCOc1cc(C)ccc1/C=C/C(=O)OC. The Morgan fingerprint density at radius 3 is 2.82 bits per heavy atom. The van der Waals surface area contributed by atoms with E-state index in [-0.39, 0.29) is 5.97 Å². The summed E-state index contributed by atoms with van der Waals surface area (Å²) in [6.45, 7) is 4.73. The van der Waals surface area contributed by atoms with Crippen LogP contribution >= 0.6 is 0 Å². The van der Waals surface area contributed by atoms with Crippen LogP contribution in [0.25, 0.3) is 6.08 Å². The normalized spacial score (nSPS) is 10.5. The lowest BCUT2D eigenvalue weighted by Gasteiger charge is -2.09. The number of methoxy groups -OCH3 is 1. The first-order chi connectivity index (χ1) is 8.17. The van der Waals surface area contributed by atoms with Crippen molar-refractivity contribution in [2.75, 3.05) is 13.7 Å². The zero-order valence-electron chi connectivity index (χ0n) is 10.5. The average molecular weight is 234 g/mol. The Morgan fingerprint density at radius 1 is 1.41 bits per heavy atom. The Balaban J connectivity index is 2.89. The molecule has 0 aliphatic carbocycles. The molecule has 0 N–H and O–H groups in total. The van der Waals surface area contributed by atoms with Crippen molar-refractivity contribution in [3.8, 4) is 5.75 Å². The molecule has 0 saturated carbocycles. The van der Waals surface area contributed by atoms with Crippen LogP contribution < -0.4 is 4.74 Å². The van der Waals surface area contributed by atoms with E-state index in [2.05, 4.69) is 11.7 Å². The molecular weight excluding hydrogens is 216 g/mol. The largest absolute Gasteiger partial charge is 0.493 e. The molecule has 0 aromatic heterocycles. The fourth-order valence-electron chi connectivity index (χ4n) is 1.34. The monoisotopic (exact) mass is 234 g/mol. The predicted molar refractivity (Wildman–Crippen MR) is 68.0 cm³/mol. The van der Waals surface area contributed by atoms with Crippen molar-refractivity contribution in [1.82, 2.24) is 0 Å². The average Bonchev–Trinajstić information content (AvgIpc) is 2.34. The van der Waals surface area contributed by atoms with E-state index in [1.807, 2.05) is 25.1 Å². The highest BCUT2D eigenvalue weighted by Crippen LogP contribution is 2.22. The molecule has 1 aromatic rings. The Bertz CT molecular complexity index is 408. The number of hydrogen-bond acceptors (Lipinski definition) is 3. The quantitative estimate of drug-likeness (QED) is 0.580. The van der Waals surface area contributed by atoms with Gasteiger partial charge in [-0.3, -0.25) is 0 Å². The molecule has 3 heteroatoms. The van der Waals surface area contributed by atoms with E-state index in [9.17, 15) is 4.79 Å². The Morgan fingerprint density at radius 2 is 2.18 bits per heavy atom. The molecule has 0 saturated heterocycles. The van der Waals surface area contributed by atoms with Crippen molar-refractivity contribution < 1.29 is 14.3 Å². The maximum Gasteiger partial charge on any atom is 0.330 e. The molecule has 0 bridgehead atoms. The molecule has 92 valence electrons. The Kier molecular flexibility index (Phi) is 5.27. The van der Waals surface area contributed by atoms with E-state index in [4.69, 9.17) is 4.74 Å². The Labute approximate surface area is 102 Å². The second kappa shape index (κ2) is 6.74. The summed E-state index contributed by atoms with van der Waals surface area (Å²) < 4.78 is 10.2. The summed E-state index contributed by atoms with van der Waals surface area (Å²) in [4.78, 5) is 11.0. The minimum absolute atomic E-state index is 0.369. The predicted octanol–water partition coefficient (Wildman–Crippen LogP) is 2.97. The third-order valence-electron chi connectivity index (χ3n) is 2.23. The summed E-state index contributed by atoms with van der Waals surface area (Å²) in [5, 5.41) is 0. The van der Waals surface area contributed by atoms with E-state index in [0.29, 0.717) is 6.61 Å². The van der Waals surface area contributed by atoms with Gasteiger partial charge >= 0.3 is 5.97 Å². The smallest absolute Gasteiger partial charge is 0.330 e. The molecule has 0 aliphatic heterocycles. The van der Waals surface area contributed by atoms with Gasteiger partial charge in [-0.05, 0) is 31.1 Å². The first-order valence-corrected chi connectivity index (χ1v) is 5.67. The maximum atomic E-state index is 11.0. The summed E-state index contributed by atoms with van der Waals surface area (Å²) in [6.07, 6.45) is 4.05. The molecule has 0 aliphatic rings. The molecule has 0 fully saturated rings. The van der Waals surface area contributed by atoms with E-state index < -0.39 is 0 Å². The molecule has 0 heterocycles. The number of esters is 1. The van der Waals surface area contributed by atoms with Crippen LogP contribution in [0.5, 0.6) is 5.75 Å². The van der Waals surface area contributed by atoms with Crippen LogP contribution in [-0.4, -0.2) is 19.7 Å². The van der Waals surface area contributed by atoms with Gasteiger partial charge in [-0.25, -0.2) is 4.79 Å². The standard InChI is InChI=1S/C14H18O3/c1-4-9-17-13-10-11(2)5-6-12(13)7-8-14(15)16-3/h5-8,10H,4,9H2,1-3H3/b8-7+. The van der Waals surface area contributed by atoms with Gasteiger partial charge in [-0.15, -0.1) is 0 Å². The number of carbonyl (C=O) groups excluding carboxylic acids is 1. The van der Waals surface area contributed by atoms with E-state index in [1.54, 1.807) is 6.08 Å². The zero-order chi connectivity index (χ0) is 12.7. The minimum atomic E-state index is -0.369. The summed E-state index contributed by atoms with van der Waals surface area (Å²) in [5.41, 5.74) is 2.01. The van der Waals surface area contributed by atoms with Crippen molar-refractivity contribution in [3.63, 3.8) is 0 Å². The summed E-state index contributed by atoms with van der Waals surface area (Å²) in [6, 6.07) is 5.88. The minimum Gasteiger partial charge on any atom is -0.493 e. The van der Waals surface area contributed by atoms with Gasteiger partial charge in [-0.1, -0.05) is 19.1 Å². The van der Waals surface area contributed by atoms with Crippen molar-refractivity contribution >= 4 is 12.0 Å². The highest BCUT2D eigenvalue weighted by atomic mass is 16.5. The molecule has 0 unspecified atom stereocenters. The van der Waals surface area contributed by atoms with Gasteiger partial charge in [0.15, 0.2) is 0 Å². The molecule has 0 amide bonds. The van der Waals surface area contributed by atoms with Crippen molar-refractivity contribution in [3.05, 3.63) is 35.4 Å². The van der Waals surface area contributed by atoms with Crippen molar-refractivity contribution in [1.29, 1.82) is 0 Å². The Hall–Kier alpha value is -1.77. The van der Waals surface area contributed by atoms with Gasteiger partial charge in [-0.2, -0.15) is 0 Å². The lowest BCUT2D eigenvalue weighted by molar-refractivity contribution is -0.134. The van der Waals surface area contributed by atoms with Gasteiger partial charge in [0.1, 0.15) is 5.75 Å². The number of benzene rings is 1. The molecule has 1 rings (SSSR count). The fraction of sp³-hybridized carbons (Fsp3) is 0.357. The van der Waals surface area contributed by atoms with Crippen LogP contribution in [0.2, 0.25) is 0 Å². The first kappa shape index (κ1) is 13.3. The number of hydrogen-bond donors (Lipinski definition) is 0. The number of ether oxygens (including phenoxy) is 2. The van der Waals surface area contributed by atoms with Gasteiger partial charge in [0.25, 0.3) is 0 Å². The van der Waals surface area contributed by atoms with Crippen LogP contribution in [0, 0.1) is 6.92 Å². The van der Waals surface area contributed by atoms with Gasteiger partial charge < -0.3 is 9.47 Å². The second-order valence-electron chi connectivity index (χ2n) is 3.75. The molecule has 17 heavy (non-hydrogen) atoms. The topological polar surface area (TPSA) is 35.5 Å². The molecule has 0 radical (unpaired) electrons. The van der Waals surface area contributed by atoms with Gasteiger partial charge in [0.05, 0.1) is 13.7 Å². The number of aryl methyl sites for hydroxylation is 1. The molecule has 0 atom stereocenters. The highest BCUT2D eigenvalue weighted by Gasteiger charge is 2.02. The first-order valence-electron chi connectivity index (χ1n) is 5.67. The van der Waals surface area contributed by atoms with Crippen LogP contribution in [0.4, 0.5) is 0 Å². The molecule has 0 spiro atoms. The summed E-state index contributed by atoms with van der Waals surface area (Å²) in [5.74, 6) is 0.430. The number of carbonyl (C=O) groups is 1. The molecule has 1 aromatic carbocycles. The lowest BCUT2D eigenvalue weighted by Crippen LogP contribution is -1.98. The van der Waals surface area contributed by atoms with Gasteiger partial charge in [0, 0.05) is 11.6 Å². The third kappa shape index (κ3) is 4.31. The maximum absolute atomic E-state index is 11.0. The van der Waals surface area contributed by atoms with E-state index in [0.717, 1.165) is 23.3 Å². The zero-order valence-corrected chi connectivity index (χ0v) is 10.5. The van der Waals surface area contributed by atoms with Crippen LogP contribution in [0.15, 0.2) is 24.3 Å². The van der Waals surface area contributed by atoms with Crippen LogP contribution in [0.1, 0.15) is 24.5 Å². The summed E-state index contributed by atoms with van der Waals surface area (Å²) >= 11 is 0. The second-order valence-corrected chi connectivity index (χ2v) is 3.75. The fourth-order valence-corrected chi connectivity index (χ4v) is 1.34. The molecular formula is C14H18O3. The lowest BCUT2D eigenvalue weighted by atomic mass is 10.1. The number of rotatable bonds is 5.